The molecule has 14 heavy (non-hydrogen) atoms. The lowest BCUT2D eigenvalue weighted by atomic mass is 9.64. The minimum atomic E-state index is 0.389. The van der Waals surface area contributed by atoms with Crippen LogP contribution in [0.1, 0.15) is 46.5 Å². The summed E-state index contributed by atoms with van der Waals surface area (Å²) in [5, 5.41) is 0. The van der Waals surface area contributed by atoms with Gasteiger partial charge in [0.05, 0.1) is 0 Å². The Bertz CT molecular complexity index is 163. The molecule has 0 aromatic heterocycles. The molecule has 0 amide bonds. The molecule has 0 heterocycles. The van der Waals surface area contributed by atoms with Crippen LogP contribution in [0.25, 0.3) is 0 Å². The van der Waals surface area contributed by atoms with Crippen LogP contribution < -0.4 is 11.5 Å². The Morgan fingerprint density at radius 1 is 1.29 bits per heavy atom. The van der Waals surface area contributed by atoms with Crippen molar-refractivity contribution in [2.24, 2.45) is 28.7 Å². The molecule has 1 aliphatic rings. The summed E-state index contributed by atoms with van der Waals surface area (Å²) >= 11 is 0. The van der Waals surface area contributed by atoms with Crippen LogP contribution in [0.2, 0.25) is 0 Å². The van der Waals surface area contributed by atoms with Gasteiger partial charge in [-0.2, -0.15) is 0 Å². The molecule has 0 saturated heterocycles. The average molecular weight is 198 g/mol. The second-order valence-corrected chi connectivity index (χ2v) is 5.81. The van der Waals surface area contributed by atoms with E-state index in [2.05, 4.69) is 20.8 Å². The molecule has 0 aliphatic heterocycles. The summed E-state index contributed by atoms with van der Waals surface area (Å²) in [6.07, 6.45) is 4.83. The monoisotopic (exact) mass is 198 g/mol. The van der Waals surface area contributed by atoms with Gasteiger partial charge in [0, 0.05) is 6.04 Å². The van der Waals surface area contributed by atoms with Gasteiger partial charge in [0.15, 0.2) is 0 Å². The molecular formula is C12H26N2. The fourth-order valence-electron chi connectivity index (χ4n) is 3.17. The molecule has 0 aromatic rings. The summed E-state index contributed by atoms with van der Waals surface area (Å²) in [7, 11) is 0. The van der Waals surface area contributed by atoms with E-state index in [1.807, 2.05) is 0 Å². The average Bonchev–Trinajstić information content (AvgIpc) is 2.00. The normalized spacial score (nSPS) is 37.1. The fourth-order valence-corrected chi connectivity index (χ4v) is 3.17. The van der Waals surface area contributed by atoms with Crippen molar-refractivity contribution in [2.75, 3.05) is 6.54 Å². The molecule has 0 radical (unpaired) electrons. The van der Waals surface area contributed by atoms with E-state index in [4.69, 9.17) is 11.5 Å². The Morgan fingerprint density at radius 3 is 2.43 bits per heavy atom. The van der Waals surface area contributed by atoms with Gasteiger partial charge in [0.2, 0.25) is 0 Å². The largest absolute Gasteiger partial charge is 0.330 e. The zero-order valence-corrected chi connectivity index (χ0v) is 9.92. The van der Waals surface area contributed by atoms with Crippen LogP contribution in [0.3, 0.4) is 0 Å². The molecule has 0 aromatic carbocycles. The van der Waals surface area contributed by atoms with Gasteiger partial charge in [-0.3, -0.25) is 0 Å². The second kappa shape index (κ2) is 4.63. The first-order valence-electron chi connectivity index (χ1n) is 5.92. The van der Waals surface area contributed by atoms with Crippen LogP contribution >= 0.6 is 0 Å². The Labute approximate surface area is 88.4 Å². The van der Waals surface area contributed by atoms with Crippen molar-refractivity contribution in [3.8, 4) is 0 Å². The Balaban J connectivity index is 2.52. The van der Waals surface area contributed by atoms with Crippen LogP contribution in [0.4, 0.5) is 0 Å². The number of hydrogen-bond acceptors (Lipinski definition) is 2. The van der Waals surface area contributed by atoms with Gasteiger partial charge in [0.25, 0.3) is 0 Å². The van der Waals surface area contributed by atoms with Crippen LogP contribution in [-0.4, -0.2) is 12.6 Å². The van der Waals surface area contributed by atoms with Crippen molar-refractivity contribution >= 4 is 0 Å². The van der Waals surface area contributed by atoms with E-state index < -0.39 is 0 Å². The second-order valence-electron chi connectivity index (χ2n) is 5.81. The van der Waals surface area contributed by atoms with E-state index in [-0.39, 0.29) is 0 Å². The topological polar surface area (TPSA) is 52.0 Å². The van der Waals surface area contributed by atoms with Gasteiger partial charge in [-0.05, 0) is 49.5 Å². The molecule has 0 spiro atoms. The first-order valence-corrected chi connectivity index (χ1v) is 5.92. The molecule has 3 unspecified atom stereocenters. The molecule has 84 valence electrons. The highest BCUT2D eigenvalue weighted by atomic mass is 14.7. The van der Waals surface area contributed by atoms with Crippen molar-refractivity contribution in [3.63, 3.8) is 0 Å². The van der Waals surface area contributed by atoms with E-state index in [9.17, 15) is 0 Å². The van der Waals surface area contributed by atoms with Crippen molar-refractivity contribution < 1.29 is 0 Å². The summed E-state index contributed by atoms with van der Waals surface area (Å²) in [6.45, 7) is 7.83. The molecule has 1 saturated carbocycles. The minimum absolute atomic E-state index is 0.389. The lowest BCUT2D eigenvalue weighted by Gasteiger charge is -2.43. The van der Waals surface area contributed by atoms with Gasteiger partial charge in [-0.25, -0.2) is 0 Å². The standard InChI is InChI=1S/C12H26N2/c1-9-7-12(2,3)8-11(14)10(9)5-4-6-13/h9-11H,4-8,13-14H2,1-3H3. The summed E-state index contributed by atoms with van der Waals surface area (Å²) < 4.78 is 0. The smallest absolute Gasteiger partial charge is 0.00748 e. The molecule has 1 fully saturated rings. The predicted octanol–water partition coefficient (Wildman–Crippen LogP) is 2.12. The number of nitrogens with two attached hydrogens (primary N) is 2. The van der Waals surface area contributed by atoms with E-state index in [1.54, 1.807) is 0 Å². The van der Waals surface area contributed by atoms with E-state index >= 15 is 0 Å². The maximum Gasteiger partial charge on any atom is 0.00748 e. The lowest BCUT2D eigenvalue weighted by molar-refractivity contribution is 0.0990. The first-order chi connectivity index (χ1) is 6.46. The third kappa shape index (κ3) is 2.96. The van der Waals surface area contributed by atoms with Crippen LogP contribution in [0.15, 0.2) is 0 Å². The zero-order chi connectivity index (χ0) is 10.8. The highest BCUT2D eigenvalue weighted by Crippen LogP contribution is 2.42. The Hall–Kier alpha value is -0.0800. The third-order valence-electron chi connectivity index (χ3n) is 3.69. The van der Waals surface area contributed by atoms with Crippen molar-refractivity contribution in [1.29, 1.82) is 0 Å². The molecule has 1 aliphatic carbocycles. The molecule has 3 atom stereocenters. The number of hydrogen-bond donors (Lipinski definition) is 2. The van der Waals surface area contributed by atoms with E-state index in [1.165, 1.54) is 19.3 Å². The lowest BCUT2D eigenvalue weighted by Crippen LogP contribution is -2.44. The molecule has 1 rings (SSSR count). The first kappa shape index (κ1) is 12.0. The van der Waals surface area contributed by atoms with Gasteiger partial charge < -0.3 is 11.5 Å². The van der Waals surface area contributed by atoms with E-state index in [0.29, 0.717) is 17.4 Å². The molecule has 2 heteroatoms. The van der Waals surface area contributed by atoms with Gasteiger partial charge in [0.1, 0.15) is 0 Å². The van der Waals surface area contributed by atoms with Crippen LogP contribution in [0.5, 0.6) is 0 Å². The van der Waals surface area contributed by atoms with Gasteiger partial charge in [-0.1, -0.05) is 20.8 Å². The number of rotatable bonds is 3. The SMILES string of the molecule is CC1CC(C)(C)CC(N)C1CCCN. The maximum absolute atomic E-state index is 6.24. The van der Waals surface area contributed by atoms with Gasteiger partial charge >= 0.3 is 0 Å². The minimum Gasteiger partial charge on any atom is -0.330 e. The van der Waals surface area contributed by atoms with E-state index in [0.717, 1.165) is 18.9 Å². The van der Waals surface area contributed by atoms with Crippen molar-refractivity contribution in [1.82, 2.24) is 0 Å². The highest BCUT2D eigenvalue weighted by molar-refractivity contribution is 4.90. The van der Waals surface area contributed by atoms with Crippen LogP contribution in [-0.2, 0) is 0 Å². The van der Waals surface area contributed by atoms with Gasteiger partial charge in [-0.15, -0.1) is 0 Å². The zero-order valence-electron chi connectivity index (χ0n) is 9.92. The third-order valence-corrected chi connectivity index (χ3v) is 3.69. The summed E-state index contributed by atoms with van der Waals surface area (Å²) in [5.41, 5.74) is 12.2. The summed E-state index contributed by atoms with van der Waals surface area (Å²) in [4.78, 5) is 0. The molecule has 4 N–H and O–H groups in total. The summed E-state index contributed by atoms with van der Waals surface area (Å²) in [6, 6.07) is 0.389. The summed E-state index contributed by atoms with van der Waals surface area (Å²) in [5.74, 6) is 1.46. The fraction of sp³-hybridized carbons (Fsp3) is 1.00. The van der Waals surface area contributed by atoms with Crippen molar-refractivity contribution in [2.45, 2.75) is 52.5 Å². The van der Waals surface area contributed by atoms with Crippen molar-refractivity contribution in [3.05, 3.63) is 0 Å². The molecular weight excluding hydrogens is 172 g/mol. The van der Waals surface area contributed by atoms with Crippen LogP contribution in [0, 0.1) is 17.3 Å². The molecule has 2 nitrogen and oxygen atoms in total. The molecule has 0 bridgehead atoms. The predicted molar refractivity (Wildman–Crippen MR) is 61.9 cm³/mol. The maximum atomic E-state index is 6.24. The Kier molecular flexibility index (Phi) is 3.96. The highest BCUT2D eigenvalue weighted by Gasteiger charge is 2.36. The quantitative estimate of drug-likeness (QED) is 0.730. The Morgan fingerprint density at radius 2 is 1.93 bits per heavy atom.